The van der Waals surface area contributed by atoms with Gasteiger partial charge in [-0.1, -0.05) is 0 Å². The van der Waals surface area contributed by atoms with Crippen LogP contribution in [0.3, 0.4) is 0 Å². The Morgan fingerprint density at radius 2 is 1.74 bits per heavy atom. The Labute approximate surface area is 196 Å². The van der Waals surface area contributed by atoms with Gasteiger partial charge in [0.15, 0.2) is 13.2 Å². The summed E-state index contributed by atoms with van der Waals surface area (Å²) < 4.78 is 64.4. The van der Waals surface area contributed by atoms with Gasteiger partial charge in [-0.05, 0) is 36.4 Å². The quantitative estimate of drug-likeness (QED) is 0.259. The van der Waals surface area contributed by atoms with Gasteiger partial charge in [0.25, 0.3) is 5.91 Å². The van der Waals surface area contributed by atoms with E-state index in [9.17, 15) is 27.6 Å². The van der Waals surface area contributed by atoms with E-state index >= 15 is 0 Å². The number of fused-ring (bicyclic) bond motifs is 1. The van der Waals surface area contributed by atoms with Gasteiger partial charge in [0, 0.05) is 24.6 Å². The van der Waals surface area contributed by atoms with E-state index in [-0.39, 0.29) is 36.0 Å². The molecule has 1 heterocycles. The van der Waals surface area contributed by atoms with Crippen LogP contribution in [0.4, 0.5) is 18.9 Å². The first-order valence-electron chi connectivity index (χ1n) is 10.1. The first-order chi connectivity index (χ1) is 16.7. The van der Waals surface area contributed by atoms with E-state index in [0.717, 1.165) is 12.1 Å². The molecule has 2 aromatic carbocycles. The molecule has 0 aliphatic carbocycles. The van der Waals surface area contributed by atoms with Gasteiger partial charge in [0.1, 0.15) is 23.7 Å². The minimum Gasteiger partial charge on any atom is -0.489 e. The molecule has 0 saturated carbocycles. The molecule has 3 rings (SSSR count). The zero-order chi connectivity index (χ0) is 25.4. The number of nitrogens with one attached hydrogen (secondary N) is 1. The first-order valence-corrected chi connectivity index (χ1v) is 10.1. The van der Waals surface area contributed by atoms with Gasteiger partial charge < -0.3 is 28.7 Å². The third-order valence-corrected chi connectivity index (χ3v) is 4.44. The molecular formula is C23H20F3NO8. The molecule has 186 valence electrons. The van der Waals surface area contributed by atoms with Crippen molar-refractivity contribution in [3.63, 3.8) is 0 Å². The highest BCUT2D eigenvalue weighted by Gasteiger charge is 2.31. The third kappa shape index (κ3) is 7.47. The van der Waals surface area contributed by atoms with Crippen LogP contribution in [-0.2, 0) is 25.2 Å². The van der Waals surface area contributed by atoms with Crippen molar-refractivity contribution in [1.29, 1.82) is 0 Å². The number of ether oxygens (including phenoxy) is 4. The summed E-state index contributed by atoms with van der Waals surface area (Å²) in [6, 6.07) is 10.00. The number of alkyl halides is 3. The Hall–Kier alpha value is -4.06. The Kier molecular flexibility index (Phi) is 8.31. The lowest BCUT2D eigenvalue weighted by Gasteiger charge is -2.15. The van der Waals surface area contributed by atoms with Crippen LogP contribution in [-0.4, -0.2) is 45.4 Å². The number of amides is 1. The number of halogens is 3. The predicted molar refractivity (Wildman–Crippen MR) is 116 cm³/mol. The summed E-state index contributed by atoms with van der Waals surface area (Å²) in [5, 5.41) is 2.89. The normalized spacial score (nSPS) is 11.2. The highest BCUT2D eigenvalue weighted by atomic mass is 19.4. The lowest BCUT2D eigenvalue weighted by molar-refractivity contribution is -0.149. The Balaban J connectivity index is 1.56. The summed E-state index contributed by atoms with van der Waals surface area (Å²) in [5.41, 5.74) is -1.53. The van der Waals surface area contributed by atoms with Crippen LogP contribution < -0.4 is 20.4 Å². The topological polar surface area (TPSA) is 113 Å². The van der Waals surface area contributed by atoms with Crippen LogP contribution in [0.25, 0.3) is 11.0 Å². The van der Waals surface area contributed by atoms with Crippen molar-refractivity contribution in [1.82, 2.24) is 0 Å². The average Bonchev–Trinajstić information content (AvgIpc) is 2.81. The average molecular weight is 495 g/mol. The molecule has 0 unspecified atom stereocenters. The van der Waals surface area contributed by atoms with Crippen LogP contribution in [0, 0.1) is 0 Å². The van der Waals surface area contributed by atoms with Crippen LogP contribution in [0.1, 0.15) is 5.56 Å². The number of rotatable bonds is 10. The first kappa shape index (κ1) is 25.6. The van der Waals surface area contributed by atoms with Crippen LogP contribution in [0.2, 0.25) is 0 Å². The highest BCUT2D eigenvalue weighted by molar-refractivity contribution is 5.94. The molecule has 0 spiro atoms. The second-order valence-corrected chi connectivity index (χ2v) is 7.00. The van der Waals surface area contributed by atoms with Gasteiger partial charge in [0.05, 0.1) is 17.9 Å². The lowest BCUT2D eigenvalue weighted by Crippen LogP contribution is -2.24. The molecule has 35 heavy (non-hydrogen) atoms. The van der Waals surface area contributed by atoms with Crippen molar-refractivity contribution in [2.75, 3.05) is 38.9 Å². The molecule has 0 saturated heterocycles. The zero-order valence-electron chi connectivity index (χ0n) is 18.3. The van der Waals surface area contributed by atoms with E-state index in [2.05, 4.69) is 5.32 Å². The van der Waals surface area contributed by atoms with Gasteiger partial charge in [-0.15, -0.1) is 0 Å². The summed E-state index contributed by atoms with van der Waals surface area (Å²) >= 11 is 0. The lowest BCUT2D eigenvalue weighted by atomic mass is 10.1. The zero-order valence-corrected chi connectivity index (χ0v) is 18.3. The van der Waals surface area contributed by atoms with Crippen LogP contribution in [0.15, 0.2) is 57.7 Å². The SMILES string of the molecule is COCCOc1ccc(C(F)(F)F)cc1NC(=O)COC(=O)COc1ccc2ccc(=O)oc2c1. The minimum absolute atomic E-state index is 0.0129. The second kappa shape index (κ2) is 11.4. The molecule has 1 amide bonds. The molecule has 0 aliphatic rings. The summed E-state index contributed by atoms with van der Waals surface area (Å²) in [6.45, 7) is -1.13. The maximum Gasteiger partial charge on any atom is 0.416 e. The van der Waals surface area contributed by atoms with Gasteiger partial charge in [-0.3, -0.25) is 4.79 Å². The van der Waals surface area contributed by atoms with Crippen molar-refractivity contribution >= 4 is 28.5 Å². The third-order valence-electron chi connectivity index (χ3n) is 4.44. The number of carbonyl (C=O) groups is 2. The van der Waals surface area contributed by atoms with Gasteiger partial charge in [-0.2, -0.15) is 13.2 Å². The molecule has 0 radical (unpaired) electrons. The number of anilines is 1. The molecule has 12 heteroatoms. The number of hydrogen-bond acceptors (Lipinski definition) is 8. The standard InChI is InChI=1S/C23H20F3NO8/c1-31-8-9-32-18-6-4-15(23(24,25)26)10-17(18)27-20(28)12-34-22(30)13-33-16-5-2-14-3-7-21(29)35-19(14)11-16/h2-7,10-11H,8-9,12-13H2,1H3,(H,27,28). The fourth-order valence-corrected chi connectivity index (χ4v) is 2.81. The van der Waals surface area contributed by atoms with E-state index < -0.39 is 42.5 Å². The molecule has 3 aromatic rings. The summed E-state index contributed by atoms with van der Waals surface area (Å²) in [5.74, 6) is -1.59. The molecule has 0 atom stereocenters. The van der Waals surface area contributed by atoms with E-state index in [1.807, 2.05) is 0 Å². The number of benzene rings is 2. The molecule has 1 aromatic heterocycles. The summed E-state index contributed by atoms with van der Waals surface area (Å²) in [7, 11) is 1.43. The van der Waals surface area contributed by atoms with E-state index in [1.165, 1.54) is 19.2 Å². The minimum atomic E-state index is -4.64. The number of methoxy groups -OCH3 is 1. The van der Waals surface area contributed by atoms with Crippen LogP contribution >= 0.6 is 0 Å². The van der Waals surface area contributed by atoms with E-state index in [1.54, 1.807) is 18.2 Å². The van der Waals surface area contributed by atoms with Gasteiger partial charge in [-0.25, -0.2) is 9.59 Å². The van der Waals surface area contributed by atoms with Crippen molar-refractivity contribution in [2.24, 2.45) is 0 Å². The van der Waals surface area contributed by atoms with E-state index in [0.29, 0.717) is 11.5 Å². The van der Waals surface area contributed by atoms with Crippen molar-refractivity contribution < 1.29 is 46.1 Å². The largest absolute Gasteiger partial charge is 0.489 e. The number of esters is 1. The molecule has 0 bridgehead atoms. The molecule has 1 N–H and O–H groups in total. The van der Waals surface area contributed by atoms with E-state index in [4.69, 9.17) is 23.4 Å². The Morgan fingerprint density at radius 3 is 2.49 bits per heavy atom. The number of hydrogen-bond donors (Lipinski definition) is 1. The van der Waals surface area contributed by atoms with Crippen molar-refractivity contribution in [3.05, 3.63) is 64.5 Å². The Morgan fingerprint density at radius 1 is 0.971 bits per heavy atom. The second-order valence-electron chi connectivity index (χ2n) is 7.00. The fraction of sp³-hybridized carbons (Fsp3) is 0.261. The smallest absolute Gasteiger partial charge is 0.416 e. The van der Waals surface area contributed by atoms with Crippen LogP contribution in [0.5, 0.6) is 11.5 Å². The van der Waals surface area contributed by atoms with Crippen molar-refractivity contribution in [3.8, 4) is 11.5 Å². The molecule has 0 fully saturated rings. The maximum absolute atomic E-state index is 13.1. The molecule has 9 nitrogen and oxygen atoms in total. The summed E-state index contributed by atoms with van der Waals surface area (Å²) in [4.78, 5) is 35.4. The van der Waals surface area contributed by atoms with Gasteiger partial charge >= 0.3 is 17.8 Å². The summed E-state index contributed by atoms with van der Waals surface area (Å²) in [6.07, 6.45) is -4.64. The molecular weight excluding hydrogens is 475 g/mol. The van der Waals surface area contributed by atoms with Crippen molar-refractivity contribution in [2.45, 2.75) is 6.18 Å². The predicted octanol–water partition coefficient (Wildman–Crippen LogP) is 3.40. The molecule has 0 aliphatic heterocycles. The van der Waals surface area contributed by atoms with Gasteiger partial charge in [0.2, 0.25) is 0 Å². The highest BCUT2D eigenvalue weighted by Crippen LogP contribution is 2.35. The number of carbonyl (C=O) groups excluding carboxylic acids is 2. The monoisotopic (exact) mass is 495 g/mol. The fourth-order valence-electron chi connectivity index (χ4n) is 2.81. The maximum atomic E-state index is 13.1. The Bertz CT molecular complexity index is 1260.